The highest BCUT2D eigenvalue weighted by molar-refractivity contribution is 7.80. The molecule has 3 N–H and O–H groups in total. The summed E-state index contributed by atoms with van der Waals surface area (Å²) < 4.78 is 1.98. The van der Waals surface area contributed by atoms with Crippen molar-refractivity contribution in [1.82, 2.24) is 9.88 Å². The van der Waals surface area contributed by atoms with Gasteiger partial charge in [-0.2, -0.15) is 0 Å². The third kappa shape index (κ3) is 3.92. The van der Waals surface area contributed by atoms with Crippen LogP contribution in [0.1, 0.15) is 38.4 Å². The number of rotatable bonds is 4. The van der Waals surface area contributed by atoms with Crippen molar-refractivity contribution in [3.05, 3.63) is 87.7 Å². The van der Waals surface area contributed by atoms with E-state index in [1.807, 2.05) is 56.5 Å². The van der Waals surface area contributed by atoms with Crippen LogP contribution in [0.2, 0.25) is 0 Å². The van der Waals surface area contributed by atoms with E-state index in [0.717, 1.165) is 33.8 Å². The zero-order chi connectivity index (χ0) is 24.7. The molecule has 1 fully saturated rings. The summed E-state index contributed by atoms with van der Waals surface area (Å²) in [5.41, 5.74) is 11.6. The molecular weight excluding hydrogens is 448 g/mol. The number of hydrogen-bond acceptors (Lipinski definition) is 4. The third-order valence-corrected chi connectivity index (χ3v) is 6.38. The number of nitrogens with two attached hydrogens (primary N) is 1. The molecule has 0 bridgehead atoms. The lowest BCUT2D eigenvalue weighted by atomic mass is 10.0. The molecular formula is C26H24N4O3S. The molecule has 34 heavy (non-hydrogen) atoms. The summed E-state index contributed by atoms with van der Waals surface area (Å²) in [6.07, 6.45) is 1.59. The SMILES string of the molecule is Cc1cccc(N2C(=O)/C(=C/c3cc(C)n(-c4ccc(C(N)=O)cc4)c3C)C(=O)NC2=S)c1C. The van der Waals surface area contributed by atoms with E-state index >= 15 is 0 Å². The number of thiocarbonyl (C=S) groups is 1. The topological polar surface area (TPSA) is 97.4 Å². The molecule has 8 heteroatoms. The Labute approximate surface area is 202 Å². The summed E-state index contributed by atoms with van der Waals surface area (Å²) >= 11 is 5.34. The van der Waals surface area contributed by atoms with Crippen LogP contribution in [0.5, 0.6) is 0 Å². The van der Waals surface area contributed by atoms with Crippen LogP contribution >= 0.6 is 12.2 Å². The molecule has 0 atom stereocenters. The van der Waals surface area contributed by atoms with E-state index in [4.69, 9.17) is 18.0 Å². The van der Waals surface area contributed by atoms with Gasteiger partial charge in [-0.05, 0) is 99.1 Å². The van der Waals surface area contributed by atoms with Gasteiger partial charge < -0.3 is 10.3 Å². The third-order valence-electron chi connectivity index (χ3n) is 6.10. The lowest BCUT2D eigenvalue weighted by molar-refractivity contribution is -0.122. The Balaban J connectivity index is 1.76. The van der Waals surface area contributed by atoms with Crippen LogP contribution in [0.25, 0.3) is 11.8 Å². The number of nitrogens with one attached hydrogen (secondary N) is 1. The van der Waals surface area contributed by atoms with Crippen molar-refractivity contribution in [3.63, 3.8) is 0 Å². The summed E-state index contributed by atoms with van der Waals surface area (Å²) in [7, 11) is 0. The normalized spacial score (nSPS) is 15.1. The minimum atomic E-state index is -0.535. The van der Waals surface area contributed by atoms with Crippen molar-refractivity contribution in [2.45, 2.75) is 27.7 Å². The molecule has 172 valence electrons. The molecule has 0 radical (unpaired) electrons. The summed E-state index contributed by atoms with van der Waals surface area (Å²) in [5.74, 6) is -1.50. The Morgan fingerprint density at radius 3 is 2.35 bits per heavy atom. The first-order chi connectivity index (χ1) is 16.1. The smallest absolute Gasteiger partial charge is 0.270 e. The number of anilines is 1. The van der Waals surface area contributed by atoms with E-state index in [1.165, 1.54) is 4.90 Å². The highest BCUT2D eigenvalue weighted by Gasteiger charge is 2.35. The predicted molar refractivity (Wildman–Crippen MR) is 136 cm³/mol. The van der Waals surface area contributed by atoms with Gasteiger partial charge in [0.15, 0.2) is 5.11 Å². The fraction of sp³-hybridized carbons (Fsp3) is 0.154. The van der Waals surface area contributed by atoms with E-state index in [1.54, 1.807) is 30.3 Å². The van der Waals surface area contributed by atoms with Gasteiger partial charge >= 0.3 is 0 Å². The maximum atomic E-state index is 13.4. The van der Waals surface area contributed by atoms with Crippen LogP contribution in [-0.4, -0.2) is 27.4 Å². The fourth-order valence-corrected chi connectivity index (χ4v) is 4.39. The fourth-order valence-electron chi connectivity index (χ4n) is 4.12. The second kappa shape index (κ2) is 8.72. The van der Waals surface area contributed by atoms with Crippen molar-refractivity contribution in [2.24, 2.45) is 5.73 Å². The number of primary amides is 1. The predicted octanol–water partition coefficient (Wildman–Crippen LogP) is 3.64. The molecule has 1 aromatic heterocycles. The van der Waals surface area contributed by atoms with Crippen LogP contribution in [0.3, 0.4) is 0 Å². The first kappa shape index (κ1) is 23.1. The average molecular weight is 473 g/mol. The highest BCUT2D eigenvalue weighted by atomic mass is 32.1. The first-order valence-corrected chi connectivity index (χ1v) is 11.1. The van der Waals surface area contributed by atoms with Crippen molar-refractivity contribution in [1.29, 1.82) is 0 Å². The minimum Gasteiger partial charge on any atom is -0.366 e. The number of amides is 3. The van der Waals surface area contributed by atoms with Gasteiger partial charge in [-0.15, -0.1) is 0 Å². The number of aryl methyl sites for hydroxylation is 2. The molecule has 3 aromatic rings. The molecule has 1 aliphatic rings. The van der Waals surface area contributed by atoms with Crippen LogP contribution in [0.15, 0.2) is 54.1 Å². The van der Waals surface area contributed by atoms with E-state index in [0.29, 0.717) is 11.3 Å². The zero-order valence-corrected chi connectivity index (χ0v) is 20.1. The first-order valence-electron chi connectivity index (χ1n) is 10.7. The minimum absolute atomic E-state index is 0.00108. The monoisotopic (exact) mass is 472 g/mol. The number of hydrogen-bond donors (Lipinski definition) is 2. The molecule has 1 saturated heterocycles. The van der Waals surface area contributed by atoms with Crippen molar-refractivity contribution < 1.29 is 14.4 Å². The van der Waals surface area contributed by atoms with Crippen LogP contribution in [0, 0.1) is 27.7 Å². The van der Waals surface area contributed by atoms with Gasteiger partial charge in [-0.3, -0.25) is 24.6 Å². The molecule has 2 aromatic carbocycles. The van der Waals surface area contributed by atoms with Gasteiger partial charge in [0.25, 0.3) is 11.8 Å². The Morgan fingerprint density at radius 2 is 1.71 bits per heavy atom. The molecule has 0 saturated carbocycles. The standard InChI is InChI=1S/C26H24N4O3S/c1-14-6-5-7-22(16(14)3)30-25(33)21(24(32)28-26(30)34)13-19-12-15(2)29(17(19)4)20-10-8-18(9-11-20)23(27)31/h5-13H,1-4H3,(H2,27,31)(H,28,32,34)/b21-13+. The van der Waals surface area contributed by atoms with Gasteiger partial charge in [0, 0.05) is 22.6 Å². The molecule has 7 nitrogen and oxygen atoms in total. The van der Waals surface area contributed by atoms with Crippen molar-refractivity contribution in [3.8, 4) is 5.69 Å². The van der Waals surface area contributed by atoms with Gasteiger partial charge in [0.2, 0.25) is 5.91 Å². The van der Waals surface area contributed by atoms with Gasteiger partial charge in [-0.1, -0.05) is 12.1 Å². The zero-order valence-electron chi connectivity index (χ0n) is 19.3. The Kier molecular flexibility index (Phi) is 5.93. The van der Waals surface area contributed by atoms with E-state index in [9.17, 15) is 14.4 Å². The summed E-state index contributed by atoms with van der Waals surface area (Å²) in [5, 5.41) is 2.70. The van der Waals surface area contributed by atoms with Gasteiger partial charge in [0.1, 0.15) is 5.57 Å². The quantitative estimate of drug-likeness (QED) is 0.344. The summed E-state index contributed by atoms with van der Waals surface area (Å²) in [6, 6.07) is 14.4. The van der Waals surface area contributed by atoms with Crippen molar-refractivity contribution in [2.75, 3.05) is 4.90 Å². The molecule has 1 aliphatic heterocycles. The number of carbonyl (C=O) groups excluding carboxylic acids is 3. The van der Waals surface area contributed by atoms with Gasteiger partial charge in [0.05, 0.1) is 5.69 Å². The van der Waals surface area contributed by atoms with Gasteiger partial charge in [-0.25, -0.2) is 0 Å². The largest absolute Gasteiger partial charge is 0.366 e. The second-order valence-electron chi connectivity index (χ2n) is 8.25. The van der Waals surface area contributed by atoms with Crippen molar-refractivity contribution >= 4 is 46.8 Å². The van der Waals surface area contributed by atoms with E-state index in [2.05, 4.69) is 5.32 Å². The summed E-state index contributed by atoms with van der Waals surface area (Å²) in [6.45, 7) is 7.70. The Hall–Kier alpha value is -4.04. The summed E-state index contributed by atoms with van der Waals surface area (Å²) in [4.78, 5) is 39.0. The van der Waals surface area contributed by atoms with E-state index < -0.39 is 17.7 Å². The maximum Gasteiger partial charge on any atom is 0.270 e. The number of nitrogens with zero attached hydrogens (tertiary/aromatic N) is 2. The highest BCUT2D eigenvalue weighted by Crippen LogP contribution is 2.28. The van der Waals surface area contributed by atoms with Crippen LogP contribution in [-0.2, 0) is 9.59 Å². The number of carbonyl (C=O) groups is 3. The Bertz CT molecular complexity index is 1400. The number of aromatic nitrogens is 1. The average Bonchev–Trinajstić information content (AvgIpc) is 3.06. The molecule has 4 rings (SSSR count). The molecule has 0 spiro atoms. The Morgan fingerprint density at radius 1 is 1.03 bits per heavy atom. The van der Waals surface area contributed by atoms with E-state index in [-0.39, 0.29) is 10.7 Å². The lowest BCUT2D eigenvalue weighted by Gasteiger charge is -2.30. The van der Waals surface area contributed by atoms with Crippen LogP contribution < -0.4 is 16.0 Å². The maximum absolute atomic E-state index is 13.4. The number of benzene rings is 2. The second-order valence-corrected chi connectivity index (χ2v) is 8.64. The van der Waals surface area contributed by atoms with Crippen LogP contribution in [0.4, 0.5) is 5.69 Å². The molecule has 3 amide bonds. The molecule has 0 aliphatic carbocycles. The molecule has 2 heterocycles. The molecule has 0 unspecified atom stereocenters. The lowest BCUT2D eigenvalue weighted by Crippen LogP contribution is -2.54.